The van der Waals surface area contributed by atoms with E-state index in [2.05, 4.69) is 54.1 Å². The minimum atomic E-state index is -2.90. The van der Waals surface area contributed by atoms with E-state index in [9.17, 15) is 9.32 Å². The van der Waals surface area contributed by atoms with Crippen molar-refractivity contribution in [2.45, 2.75) is 68.7 Å². The number of hydrogen-bond donors (Lipinski definition) is 3. The molecule has 0 radical (unpaired) electrons. The molecule has 0 fully saturated rings. The Bertz CT molecular complexity index is 1280. The number of rotatable bonds is 9. The van der Waals surface area contributed by atoms with Crippen LogP contribution in [0.3, 0.4) is 0 Å². The molecule has 36 heavy (non-hydrogen) atoms. The zero-order valence-corrected chi connectivity index (χ0v) is 21.8. The molecule has 0 amide bonds. The van der Waals surface area contributed by atoms with Gasteiger partial charge >= 0.3 is 0 Å². The van der Waals surface area contributed by atoms with E-state index in [0.29, 0.717) is 28.9 Å². The highest BCUT2D eigenvalue weighted by atomic mass is 32.2. The van der Waals surface area contributed by atoms with Gasteiger partial charge in [0.15, 0.2) is 0 Å². The first-order valence-corrected chi connectivity index (χ1v) is 14.1. The number of aliphatic hydroxyl groups excluding tert-OH is 1. The van der Waals surface area contributed by atoms with Gasteiger partial charge in [0, 0.05) is 10.5 Å². The molecule has 1 aromatic carbocycles. The first-order valence-electron chi connectivity index (χ1n) is 12.4. The molecule has 190 valence electrons. The molecule has 0 bridgehead atoms. The summed E-state index contributed by atoms with van der Waals surface area (Å²) in [6.07, 6.45) is 15.3. The number of allylic oxidation sites excluding steroid dienone is 5. The van der Waals surface area contributed by atoms with Gasteiger partial charge in [-0.3, -0.25) is 5.41 Å². The van der Waals surface area contributed by atoms with Gasteiger partial charge in [-0.2, -0.15) is 0 Å². The third-order valence-electron chi connectivity index (χ3n) is 6.86. The van der Waals surface area contributed by atoms with E-state index < -0.39 is 15.8 Å². The molecular weight excluding hydrogens is 468 g/mol. The second-order valence-electron chi connectivity index (χ2n) is 9.82. The molecule has 5 nitrogen and oxygen atoms in total. The zero-order valence-electron chi connectivity index (χ0n) is 21.0. The van der Waals surface area contributed by atoms with Gasteiger partial charge in [0.1, 0.15) is 6.10 Å². The smallest absolute Gasteiger partial charge is 0.102 e. The quantitative estimate of drug-likeness (QED) is 0.236. The molecule has 0 heterocycles. The summed E-state index contributed by atoms with van der Waals surface area (Å²) in [4.78, 5) is 0.533. The van der Waals surface area contributed by atoms with E-state index >= 15 is 0 Å². The van der Waals surface area contributed by atoms with Crippen LogP contribution in [0.5, 0.6) is 0 Å². The first-order chi connectivity index (χ1) is 17.1. The Balaban J connectivity index is 1.45. The van der Waals surface area contributed by atoms with Crippen LogP contribution in [0.4, 0.5) is 0 Å². The Morgan fingerprint density at radius 3 is 2.64 bits per heavy atom. The number of nitrogens with one attached hydrogen (secondary N) is 2. The van der Waals surface area contributed by atoms with Crippen LogP contribution in [0.15, 0.2) is 101 Å². The third kappa shape index (κ3) is 6.06. The largest absolute Gasteiger partial charge is 0.384 e. The zero-order chi connectivity index (χ0) is 25.9. The maximum atomic E-state index is 13.2. The molecule has 0 aromatic heterocycles. The Morgan fingerprint density at radius 1 is 1.25 bits per heavy atom. The van der Waals surface area contributed by atoms with Gasteiger partial charge in [-0.05, 0) is 74.6 Å². The van der Waals surface area contributed by atoms with Crippen LogP contribution in [0.1, 0.15) is 44.1 Å². The summed E-state index contributed by atoms with van der Waals surface area (Å²) >= 11 is 0. The minimum absolute atomic E-state index is 0.0327. The van der Waals surface area contributed by atoms with Gasteiger partial charge < -0.3 is 14.6 Å². The van der Waals surface area contributed by atoms with Crippen molar-refractivity contribution < 1.29 is 14.1 Å². The predicted octanol–water partition coefficient (Wildman–Crippen LogP) is 5.50. The van der Waals surface area contributed by atoms with Gasteiger partial charge in [0.25, 0.3) is 0 Å². The average Bonchev–Trinajstić information content (AvgIpc) is 3.13. The summed E-state index contributed by atoms with van der Waals surface area (Å²) in [5, 5.41) is 19.6. The van der Waals surface area contributed by atoms with Crippen molar-refractivity contribution in [3.05, 3.63) is 101 Å². The predicted molar refractivity (Wildman–Crippen MR) is 150 cm³/mol. The molecule has 1 aromatic rings. The summed E-state index contributed by atoms with van der Waals surface area (Å²) in [5.41, 5.74) is 4.43. The molecule has 4 atom stereocenters. The van der Waals surface area contributed by atoms with Crippen LogP contribution >= 0.6 is 0 Å². The molecule has 4 unspecified atom stereocenters. The highest BCUT2D eigenvalue weighted by Gasteiger charge is 2.31. The van der Waals surface area contributed by atoms with Crippen molar-refractivity contribution in [2.75, 3.05) is 0 Å². The molecule has 0 spiro atoms. The SMILES string of the molecule is C=C(NS(=C)(=O)c1ccc(C)cc1)C(=N)C1=C(CC2=CCC(OC3C=CCCC3)C=C2)CC(=C)C1O. The maximum absolute atomic E-state index is 13.2. The minimum Gasteiger partial charge on any atom is -0.384 e. The Hall–Kier alpha value is -2.93. The van der Waals surface area contributed by atoms with E-state index in [1.165, 1.54) is 6.42 Å². The van der Waals surface area contributed by atoms with E-state index in [1.807, 2.05) is 19.1 Å². The Kier molecular flexibility index (Phi) is 7.98. The lowest BCUT2D eigenvalue weighted by atomic mass is 9.94. The highest BCUT2D eigenvalue weighted by Crippen LogP contribution is 2.37. The second kappa shape index (κ2) is 11.0. The molecule has 3 N–H and O–H groups in total. The number of ether oxygens (including phenoxy) is 1. The molecule has 6 heteroatoms. The van der Waals surface area contributed by atoms with Gasteiger partial charge in [0.2, 0.25) is 0 Å². The molecule has 4 rings (SSSR count). The summed E-state index contributed by atoms with van der Waals surface area (Å²) < 4.78 is 22.3. The van der Waals surface area contributed by atoms with Crippen LogP contribution < -0.4 is 4.72 Å². The van der Waals surface area contributed by atoms with Gasteiger partial charge in [-0.1, -0.05) is 66.8 Å². The van der Waals surface area contributed by atoms with Gasteiger partial charge in [-0.25, -0.2) is 4.21 Å². The standard InChI is InChI=1S/C30H36N2O3S/c1-20-10-16-27(17-11-20)36(4,34)32-22(3)29(31)28-24(18-21(2)30(28)33)19-23-12-14-26(15-13-23)35-25-8-6-5-7-9-25/h6,8,10-14,16-17,25-26,30-31,33H,2-5,7,9,15,18-19H2,1H3,(H,32,34). The topological polar surface area (TPSA) is 82.4 Å². The fraction of sp³-hybridized carbons (Fsp3) is 0.333. The summed E-state index contributed by atoms with van der Waals surface area (Å²) in [6.45, 7) is 9.92. The van der Waals surface area contributed by atoms with Crippen molar-refractivity contribution in [3.63, 3.8) is 0 Å². The third-order valence-corrected chi connectivity index (χ3v) is 8.47. The molecular formula is C30H36N2O3S. The van der Waals surface area contributed by atoms with Crippen LogP contribution in [0.2, 0.25) is 0 Å². The van der Waals surface area contributed by atoms with Crippen LogP contribution in [-0.2, 0) is 14.4 Å². The maximum Gasteiger partial charge on any atom is 0.102 e. The normalized spacial score (nSPS) is 25.4. The summed E-state index contributed by atoms with van der Waals surface area (Å²) in [7, 11) is -2.90. The first kappa shape index (κ1) is 26.1. The molecule has 0 aliphatic heterocycles. The molecule has 3 aliphatic carbocycles. The van der Waals surface area contributed by atoms with Crippen LogP contribution in [0.25, 0.3) is 0 Å². The molecule has 0 saturated heterocycles. The highest BCUT2D eigenvalue weighted by molar-refractivity contribution is 7.98. The van der Waals surface area contributed by atoms with Crippen molar-refractivity contribution in [3.8, 4) is 0 Å². The van der Waals surface area contributed by atoms with Crippen molar-refractivity contribution in [2.24, 2.45) is 0 Å². The fourth-order valence-electron chi connectivity index (χ4n) is 4.81. The van der Waals surface area contributed by atoms with E-state index in [4.69, 9.17) is 10.1 Å². The van der Waals surface area contributed by atoms with Gasteiger partial charge in [-0.15, -0.1) is 0 Å². The van der Waals surface area contributed by atoms with Crippen molar-refractivity contribution in [1.29, 1.82) is 5.41 Å². The number of aliphatic hydroxyl groups is 1. The van der Waals surface area contributed by atoms with Crippen LogP contribution in [-0.4, -0.2) is 39.2 Å². The number of hydrogen-bond acceptors (Lipinski definition) is 4. The lowest BCUT2D eigenvalue weighted by Crippen LogP contribution is -2.29. The van der Waals surface area contributed by atoms with Gasteiger partial charge in [0.05, 0.1) is 33.3 Å². The van der Waals surface area contributed by atoms with Crippen LogP contribution in [0, 0.1) is 12.3 Å². The fourth-order valence-corrected chi connectivity index (χ4v) is 6.00. The van der Waals surface area contributed by atoms with Crippen molar-refractivity contribution >= 4 is 21.3 Å². The molecule has 3 aliphatic rings. The lowest BCUT2D eigenvalue weighted by Gasteiger charge is -2.24. The Morgan fingerprint density at radius 2 is 2.00 bits per heavy atom. The monoisotopic (exact) mass is 504 g/mol. The van der Waals surface area contributed by atoms with E-state index in [-0.39, 0.29) is 23.6 Å². The van der Waals surface area contributed by atoms with Crippen molar-refractivity contribution in [1.82, 2.24) is 4.72 Å². The number of benzene rings is 1. The molecule has 0 saturated carbocycles. The summed E-state index contributed by atoms with van der Waals surface area (Å²) in [5.74, 6) is 3.84. The summed E-state index contributed by atoms with van der Waals surface area (Å²) in [6, 6.07) is 7.26. The second-order valence-corrected chi connectivity index (χ2v) is 11.8. The van der Waals surface area contributed by atoms with E-state index in [0.717, 1.165) is 36.0 Å². The van der Waals surface area contributed by atoms with E-state index in [1.54, 1.807) is 12.1 Å². The number of aryl methyl sites for hydroxylation is 1. The Labute approximate surface area is 215 Å². The average molecular weight is 505 g/mol. The lowest BCUT2D eigenvalue weighted by molar-refractivity contribution is 0.0344.